The summed E-state index contributed by atoms with van der Waals surface area (Å²) in [4.78, 5) is 34.1. The van der Waals surface area contributed by atoms with Crippen molar-refractivity contribution in [2.24, 2.45) is 0 Å². The van der Waals surface area contributed by atoms with E-state index in [0.29, 0.717) is 6.42 Å². The lowest BCUT2D eigenvalue weighted by molar-refractivity contribution is -0.160. The number of ether oxygens (including phenoxy) is 2. The molecule has 2 unspecified atom stereocenters. The minimum atomic E-state index is -4.28. The van der Waals surface area contributed by atoms with Crippen LogP contribution in [0, 0.1) is 0 Å². The van der Waals surface area contributed by atoms with E-state index in [1.165, 1.54) is 57.8 Å². The molecule has 0 aromatic heterocycles. The second-order valence-corrected chi connectivity index (χ2v) is 12.9. The molecule has 0 fully saturated rings. The Labute approximate surface area is 280 Å². The maximum absolute atomic E-state index is 12.4. The van der Waals surface area contributed by atoms with Crippen LogP contribution in [0.5, 0.6) is 0 Å². The zero-order valence-corrected chi connectivity index (χ0v) is 29.8. The van der Waals surface area contributed by atoms with Crippen molar-refractivity contribution in [3.8, 4) is 0 Å². The zero-order chi connectivity index (χ0) is 34.0. The van der Waals surface area contributed by atoms with Crippen LogP contribution in [0.2, 0.25) is 0 Å². The number of rotatable bonds is 31. The summed E-state index contributed by atoms with van der Waals surface area (Å²) in [5, 5.41) is 0. The van der Waals surface area contributed by atoms with E-state index in [9.17, 15) is 19.0 Å². The molecule has 0 radical (unpaired) electrons. The average molecular weight is 667 g/mol. The molecule has 0 rings (SSSR count). The van der Waals surface area contributed by atoms with E-state index in [0.717, 1.165) is 52.1 Å². The van der Waals surface area contributed by atoms with Crippen LogP contribution in [-0.4, -0.2) is 43.3 Å². The second-order valence-electron chi connectivity index (χ2n) is 11.3. The number of phosphoric acid groups is 1. The number of hydrogen-bond donors (Lipinski definition) is 1. The van der Waals surface area contributed by atoms with Gasteiger partial charge in [-0.2, -0.15) is 0 Å². The normalized spacial score (nSPS) is 14.3. The Morgan fingerprint density at radius 1 is 0.630 bits per heavy atom. The van der Waals surface area contributed by atoms with Crippen LogP contribution in [0.25, 0.3) is 0 Å². The van der Waals surface area contributed by atoms with Gasteiger partial charge in [-0.3, -0.25) is 18.6 Å². The first-order valence-corrected chi connectivity index (χ1v) is 19.0. The third-order valence-corrected chi connectivity index (χ3v) is 8.00. The number of hydrogen-bond acceptors (Lipinski definition) is 7. The first-order valence-electron chi connectivity index (χ1n) is 17.5. The minimum absolute atomic E-state index is 0.0118. The predicted molar refractivity (Wildman–Crippen MR) is 188 cm³/mol. The van der Waals surface area contributed by atoms with Crippen molar-refractivity contribution in [1.29, 1.82) is 0 Å². The Morgan fingerprint density at radius 3 is 1.57 bits per heavy atom. The van der Waals surface area contributed by atoms with Crippen LogP contribution in [0.15, 0.2) is 60.8 Å². The van der Waals surface area contributed by atoms with E-state index in [1.807, 2.05) is 12.2 Å². The van der Waals surface area contributed by atoms with E-state index in [1.54, 1.807) is 6.08 Å². The van der Waals surface area contributed by atoms with Crippen molar-refractivity contribution in [1.82, 2.24) is 0 Å². The number of esters is 2. The Morgan fingerprint density at radius 2 is 1.09 bits per heavy atom. The van der Waals surface area contributed by atoms with Crippen LogP contribution >= 0.6 is 7.82 Å². The molecule has 264 valence electrons. The Hall–Kier alpha value is -2.25. The lowest BCUT2D eigenvalue weighted by Gasteiger charge is -2.19. The lowest BCUT2D eigenvalue weighted by atomic mass is 10.0. The summed E-state index contributed by atoms with van der Waals surface area (Å²) in [5.74, 6) is -0.956. The van der Waals surface area contributed by atoms with Crippen LogP contribution in [0.1, 0.15) is 136 Å². The van der Waals surface area contributed by atoms with Crippen molar-refractivity contribution < 1.29 is 37.6 Å². The van der Waals surface area contributed by atoms with Crippen molar-refractivity contribution in [2.75, 3.05) is 20.3 Å². The highest BCUT2D eigenvalue weighted by molar-refractivity contribution is 7.47. The van der Waals surface area contributed by atoms with Gasteiger partial charge in [-0.05, 0) is 38.5 Å². The highest BCUT2D eigenvalue weighted by Gasteiger charge is 2.24. The maximum atomic E-state index is 12.4. The molecular weight excluding hydrogens is 603 g/mol. The van der Waals surface area contributed by atoms with Gasteiger partial charge >= 0.3 is 19.8 Å². The van der Waals surface area contributed by atoms with Gasteiger partial charge < -0.3 is 14.4 Å². The SMILES string of the molecule is CC/C=C\C/C=C\C/C=C\C/C=C\C/C=C\CC(=O)OC(COC(=O)CCCCCCCCCCCCCC)COP(=O)(O)OC. The van der Waals surface area contributed by atoms with E-state index >= 15 is 0 Å². The summed E-state index contributed by atoms with van der Waals surface area (Å²) >= 11 is 0. The smallest absolute Gasteiger partial charge is 0.462 e. The molecule has 0 aromatic carbocycles. The van der Waals surface area contributed by atoms with Crippen molar-refractivity contribution in [3.05, 3.63) is 60.8 Å². The molecule has 0 saturated heterocycles. The third kappa shape index (κ3) is 31.7. The van der Waals surface area contributed by atoms with Gasteiger partial charge in [0, 0.05) is 13.5 Å². The second kappa shape index (κ2) is 32.7. The number of carbonyl (C=O) groups is 2. The topological polar surface area (TPSA) is 108 Å². The molecule has 46 heavy (non-hydrogen) atoms. The number of unbranched alkanes of at least 4 members (excludes halogenated alkanes) is 11. The maximum Gasteiger partial charge on any atom is 0.472 e. The Bertz CT molecular complexity index is 938. The molecule has 1 N–H and O–H groups in total. The molecular formula is C37H63O8P. The fourth-order valence-electron chi connectivity index (χ4n) is 4.38. The van der Waals surface area contributed by atoms with Gasteiger partial charge in [0.15, 0.2) is 6.10 Å². The predicted octanol–water partition coefficient (Wildman–Crippen LogP) is 10.4. The molecule has 0 aliphatic carbocycles. The molecule has 2 atom stereocenters. The first-order chi connectivity index (χ1) is 22.3. The third-order valence-electron chi connectivity index (χ3n) is 7.06. The van der Waals surface area contributed by atoms with Gasteiger partial charge in [0.2, 0.25) is 0 Å². The van der Waals surface area contributed by atoms with Gasteiger partial charge in [-0.15, -0.1) is 0 Å². The Balaban J connectivity index is 4.27. The van der Waals surface area contributed by atoms with Crippen LogP contribution < -0.4 is 0 Å². The van der Waals surface area contributed by atoms with Crippen molar-refractivity contribution in [3.63, 3.8) is 0 Å². The summed E-state index contributed by atoms with van der Waals surface area (Å²) in [6.07, 6.45) is 38.7. The quantitative estimate of drug-likeness (QED) is 0.0337. The molecule has 0 bridgehead atoms. The molecule has 8 nitrogen and oxygen atoms in total. The van der Waals surface area contributed by atoms with Crippen LogP contribution in [-0.2, 0) is 32.7 Å². The van der Waals surface area contributed by atoms with E-state index in [2.05, 4.69) is 60.9 Å². The molecule has 0 amide bonds. The van der Waals surface area contributed by atoms with E-state index < -0.39 is 32.5 Å². The lowest BCUT2D eigenvalue weighted by Crippen LogP contribution is -2.29. The fraction of sp³-hybridized carbons (Fsp3) is 0.676. The van der Waals surface area contributed by atoms with Gasteiger partial charge in [-0.1, -0.05) is 145 Å². The first kappa shape index (κ1) is 43.8. The van der Waals surface area contributed by atoms with Gasteiger partial charge in [0.05, 0.1) is 13.0 Å². The van der Waals surface area contributed by atoms with Crippen LogP contribution in [0.3, 0.4) is 0 Å². The van der Waals surface area contributed by atoms with E-state index in [4.69, 9.17) is 14.0 Å². The molecule has 0 heterocycles. The standard InChI is InChI=1S/C37H63O8P/c1-4-6-8-10-12-14-16-18-19-20-22-24-26-28-30-32-37(39)45-35(34-44-46(40,41)42-3)33-43-36(38)31-29-27-25-23-21-17-15-13-11-9-7-5-2/h6,8,12,14,18-19,22,24,28,30,35H,4-5,7,9-11,13,15-17,20-21,23,25-27,29,31-34H2,1-3H3,(H,40,41)/b8-6-,14-12-,19-18-,24-22-,30-28-. The van der Waals surface area contributed by atoms with Crippen LogP contribution in [0.4, 0.5) is 0 Å². The van der Waals surface area contributed by atoms with E-state index in [-0.39, 0.29) is 19.4 Å². The largest absolute Gasteiger partial charge is 0.472 e. The molecule has 0 aliphatic heterocycles. The summed E-state index contributed by atoms with van der Waals surface area (Å²) in [5.41, 5.74) is 0. The van der Waals surface area contributed by atoms with Gasteiger partial charge in [0.1, 0.15) is 6.61 Å². The monoisotopic (exact) mass is 666 g/mol. The zero-order valence-electron chi connectivity index (χ0n) is 29.0. The molecule has 0 aromatic rings. The molecule has 0 saturated carbocycles. The molecule has 0 spiro atoms. The number of phosphoric ester groups is 1. The molecule has 9 heteroatoms. The van der Waals surface area contributed by atoms with Gasteiger partial charge in [0.25, 0.3) is 0 Å². The van der Waals surface area contributed by atoms with Crippen molar-refractivity contribution in [2.45, 2.75) is 142 Å². The summed E-state index contributed by atoms with van der Waals surface area (Å²) in [7, 11) is -3.24. The highest BCUT2D eigenvalue weighted by atomic mass is 31.2. The minimum Gasteiger partial charge on any atom is -0.462 e. The highest BCUT2D eigenvalue weighted by Crippen LogP contribution is 2.42. The summed E-state index contributed by atoms with van der Waals surface area (Å²) < 4.78 is 31.6. The summed E-state index contributed by atoms with van der Waals surface area (Å²) in [6.45, 7) is 3.66. The Kier molecular flexibility index (Phi) is 31.1. The fourth-order valence-corrected chi connectivity index (χ4v) is 4.84. The summed E-state index contributed by atoms with van der Waals surface area (Å²) in [6, 6.07) is 0. The average Bonchev–Trinajstić information content (AvgIpc) is 3.04. The number of allylic oxidation sites excluding steroid dienone is 9. The van der Waals surface area contributed by atoms with Gasteiger partial charge in [-0.25, -0.2) is 4.57 Å². The molecule has 0 aliphatic rings. The number of carbonyl (C=O) groups excluding carboxylic acids is 2. The van der Waals surface area contributed by atoms with Crippen molar-refractivity contribution >= 4 is 19.8 Å².